The monoisotopic (exact) mass is 627 g/mol. The number of hydrogen-bond acceptors (Lipinski definition) is 6. The summed E-state index contributed by atoms with van der Waals surface area (Å²) in [5, 5.41) is 3.53. The smallest absolute Gasteiger partial charge is 0.242 e. The maximum atomic E-state index is 13.5. The number of amides is 2. The molecule has 2 N–H and O–H groups in total. The topological polar surface area (TPSA) is 114 Å². The second-order valence-corrected chi connectivity index (χ2v) is 12.7. The molecule has 4 rings (SSSR count). The number of halogens is 1. The molecule has 3 aromatic rings. The van der Waals surface area contributed by atoms with E-state index in [1.54, 1.807) is 62.4 Å². The van der Waals surface area contributed by atoms with Crippen molar-refractivity contribution >= 4 is 33.4 Å². The molecule has 0 unspecified atom stereocenters. The molecule has 2 amide bonds. The number of aryl methyl sites for hydroxylation is 1. The van der Waals surface area contributed by atoms with Gasteiger partial charge in [-0.1, -0.05) is 41.9 Å². The molecule has 0 aromatic heterocycles. The van der Waals surface area contributed by atoms with Gasteiger partial charge < -0.3 is 19.7 Å². The van der Waals surface area contributed by atoms with Crippen LogP contribution in [0.5, 0.6) is 11.5 Å². The molecular weight excluding hydrogens is 590 g/mol. The van der Waals surface area contributed by atoms with E-state index in [4.69, 9.17) is 21.1 Å². The van der Waals surface area contributed by atoms with Crippen molar-refractivity contribution < 1.29 is 27.5 Å². The molecule has 230 valence electrons. The number of ether oxygens (including phenoxy) is 2. The molecule has 1 aliphatic carbocycles. The standard InChI is InChI=1S/C32H38ClN3O6S/c1-22(32(38)34-19-18-24-8-16-29(41-2)30(20-24)42-3)36(21-25-4-10-26(33)11-5-25)31(37)17-9-23-6-14-28(15-7-23)43(39,40)35-27-12-13-27/h4-8,10-11,14-16,20,22,27,35H,9,12-13,17-19,21H2,1-3H3,(H,34,38)/t22-/m1/s1. The third-order valence-electron chi connectivity index (χ3n) is 7.35. The maximum absolute atomic E-state index is 13.5. The Bertz CT molecular complexity index is 1510. The number of benzene rings is 3. The molecular formula is C32H38ClN3O6S. The van der Waals surface area contributed by atoms with Crippen LogP contribution >= 0.6 is 11.6 Å². The number of rotatable bonds is 15. The van der Waals surface area contributed by atoms with Crippen LogP contribution in [0.2, 0.25) is 5.02 Å². The van der Waals surface area contributed by atoms with Crippen molar-refractivity contribution in [1.82, 2.24) is 14.9 Å². The SMILES string of the molecule is COc1ccc(CCNC(=O)[C@@H](C)N(Cc2ccc(Cl)cc2)C(=O)CCc2ccc(S(=O)(=O)NC3CC3)cc2)cc1OC. The Hall–Kier alpha value is -3.60. The average Bonchev–Trinajstić information content (AvgIpc) is 3.82. The van der Waals surface area contributed by atoms with E-state index in [1.807, 2.05) is 30.3 Å². The number of hydrogen-bond donors (Lipinski definition) is 2. The Morgan fingerprint density at radius 1 is 0.907 bits per heavy atom. The van der Waals surface area contributed by atoms with Crippen LogP contribution in [0.25, 0.3) is 0 Å². The van der Waals surface area contributed by atoms with E-state index in [9.17, 15) is 18.0 Å². The Kier molecular flexibility index (Phi) is 11.1. The molecule has 0 spiro atoms. The van der Waals surface area contributed by atoms with Crippen LogP contribution < -0.4 is 19.5 Å². The van der Waals surface area contributed by atoms with Crippen molar-refractivity contribution in [2.45, 2.75) is 62.6 Å². The van der Waals surface area contributed by atoms with Crippen molar-refractivity contribution in [2.24, 2.45) is 0 Å². The zero-order chi connectivity index (χ0) is 31.0. The first kappa shape index (κ1) is 32.3. The highest BCUT2D eigenvalue weighted by molar-refractivity contribution is 7.89. The molecule has 1 saturated carbocycles. The fourth-order valence-electron chi connectivity index (χ4n) is 4.60. The van der Waals surface area contributed by atoms with Crippen LogP contribution in [0.15, 0.2) is 71.6 Å². The predicted molar refractivity (Wildman–Crippen MR) is 166 cm³/mol. The Morgan fingerprint density at radius 3 is 2.16 bits per heavy atom. The van der Waals surface area contributed by atoms with Crippen LogP contribution in [0.1, 0.15) is 42.9 Å². The normalized spacial score (nSPS) is 13.7. The Morgan fingerprint density at radius 2 is 1.53 bits per heavy atom. The van der Waals surface area contributed by atoms with Gasteiger partial charge in [0.2, 0.25) is 21.8 Å². The van der Waals surface area contributed by atoms with Gasteiger partial charge in [0, 0.05) is 30.6 Å². The van der Waals surface area contributed by atoms with Gasteiger partial charge in [0.1, 0.15) is 6.04 Å². The summed E-state index contributed by atoms with van der Waals surface area (Å²) >= 11 is 6.05. The van der Waals surface area contributed by atoms with Gasteiger partial charge in [-0.3, -0.25) is 9.59 Å². The average molecular weight is 628 g/mol. The van der Waals surface area contributed by atoms with Crippen molar-refractivity contribution in [1.29, 1.82) is 0 Å². The largest absolute Gasteiger partial charge is 0.493 e. The lowest BCUT2D eigenvalue weighted by molar-refractivity contribution is -0.140. The number of methoxy groups -OCH3 is 2. The summed E-state index contributed by atoms with van der Waals surface area (Å²) < 4.78 is 38.2. The maximum Gasteiger partial charge on any atom is 0.242 e. The lowest BCUT2D eigenvalue weighted by Gasteiger charge is -2.29. The zero-order valence-electron chi connectivity index (χ0n) is 24.6. The molecule has 0 bridgehead atoms. The molecule has 1 fully saturated rings. The fourth-order valence-corrected chi connectivity index (χ4v) is 6.03. The van der Waals surface area contributed by atoms with Crippen LogP contribution in [0, 0.1) is 0 Å². The summed E-state index contributed by atoms with van der Waals surface area (Å²) in [6.45, 7) is 2.34. The quantitative estimate of drug-likeness (QED) is 0.256. The van der Waals surface area contributed by atoms with Crippen molar-refractivity contribution in [3.05, 3.63) is 88.4 Å². The molecule has 43 heavy (non-hydrogen) atoms. The van der Waals surface area contributed by atoms with Gasteiger partial charge >= 0.3 is 0 Å². The second-order valence-electron chi connectivity index (χ2n) is 10.6. The Labute approximate surface area is 258 Å². The third kappa shape index (κ3) is 9.19. The molecule has 0 heterocycles. The fraction of sp³-hybridized carbons (Fsp3) is 0.375. The number of sulfonamides is 1. The second kappa shape index (κ2) is 14.7. The number of nitrogens with one attached hydrogen (secondary N) is 2. The van der Waals surface area contributed by atoms with Crippen LogP contribution in [0.4, 0.5) is 0 Å². The summed E-state index contributed by atoms with van der Waals surface area (Å²) in [6.07, 6.45) is 2.86. The summed E-state index contributed by atoms with van der Waals surface area (Å²) in [5.74, 6) is 0.794. The summed E-state index contributed by atoms with van der Waals surface area (Å²) in [5.41, 5.74) is 2.65. The molecule has 3 aromatic carbocycles. The van der Waals surface area contributed by atoms with Crippen molar-refractivity contribution in [3.8, 4) is 11.5 Å². The molecule has 9 nitrogen and oxygen atoms in total. The summed E-state index contributed by atoms with van der Waals surface area (Å²) in [6, 6.07) is 18.6. The molecule has 1 aliphatic rings. The highest BCUT2D eigenvalue weighted by Crippen LogP contribution is 2.27. The van der Waals surface area contributed by atoms with E-state index in [1.165, 1.54) is 0 Å². The van der Waals surface area contributed by atoms with Crippen LogP contribution in [-0.2, 0) is 39.0 Å². The molecule has 0 radical (unpaired) electrons. The van der Waals surface area contributed by atoms with E-state index in [0.29, 0.717) is 35.9 Å². The molecule has 0 aliphatic heterocycles. The van der Waals surface area contributed by atoms with Gasteiger partial charge in [0.15, 0.2) is 11.5 Å². The van der Waals surface area contributed by atoms with E-state index < -0.39 is 16.1 Å². The number of carbonyl (C=O) groups is 2. The minimum absolute atomic E-state index is 0.0269. The number of nitrogens with zero attached hydrogens (tertiary/aromatic N) is 1. The lowest BCUT2D eigenvalue weighted by Crippen LogP contribution is -2.48. The van der Waals surface area contributed by atoms with Gasteiger partial charge in [-0.05, 0) is 85.7 Å². The minimum Gasteiger partial charge on any atom is -0.493 e. The summed E-state index contributed by atoms with van der Waals surface area (Å²) in [7, 11) is -0.390. The van der Waals surface area contributed by atoms with E-state index in [2.05, 4.69) is 10.0 Å². The van der Waals surface area contributed by atoms with E-state index in [0.717, 1.165) is 29.5 Å². The van der Waals surface area contributed by atoms with Crippen molar-refractivity contribution in [2.75, 3.05) is 20.8 Å². The molecule has 11 heteroatoms. The van der Waals surface area contributed by atoms with Gasteiger partial charge in [0.25, 0.3) is 0 Å². The lowest BCUT2D eigenvalue weighted by atomic mass is 10.1. The number of carbonyl (C=O) groups excluding carboxylic acids is 2. The minimum atomic E-state index is -3.54. The predicted octanol–water partition coefficient (Wildman–Crippen LogP) is 4.51. The Balaban J connectivity index is 1.38. The first-order chi connectivity index (χ1) is 20.6. The van der Waals surface area contributed by atoms with E-state index in [-0.39, 0.29) is 35.7 Å². The molecule has 1 atom stereocenters. The van der Waals surface area contributed by atoms with Crippen LogP contribution in [0.3, 0.4) is 0 Å². The van der Waals surface area contributed by atoms with Crippen LogP contribution in [-0.4, -0.2) is 58.0 Å². The molecule has 0 saturated heterocycles. The van der Waals surface area contributed by atoms with Gasteiger partial charge in [-0.15, -0.1) is 0 Å². The zero-order valence-corrected chi connectivity index (χ0v) is 26.2. The highest BCUT2D eigenvalue weighted by Gasteiger charge is 2.28. The highest BCUT2D eigenvalue weighted by atomic mass is 35.5. The first-order valence-electron chi connectivity index (χ1n) is 14.2. The van der Waals surface area contributed by atoms with Gasteiger partial charge in [0.05, 0.1) is 19.1 Å². The summed E-state index contributed by atoms with van der Waals surface area (Å²) in [4.78, 5) is 28.5. The van der Waals surface area contributed by atoms with Gasteiger partial charge in [-0.25, -0.2) is 13.1 Å². The third-order valence-corrected chi connectivity index (χ3v) is 9.14. The van der Waals surface area contributed by atoms with Crippen molar-refractivity contribution in [3.63, 3.8) is 0 Å². The van der Waals surface area contributed by atoms with E-state index >= 15 is 0 Å². The first-order valence-corrected chi connectivity index (χ1v) is 16.1. The van der Waals surface area contributed by atoms with Gasteiger partial charge in [-0.2, -0.15) is 0 Å².